The van der Waals surface area contributed by atoms with Crippen molar-refractivity contribution in [3.63, 3.8) is 0 Å². The number of carbonyl (C=O) groups excluding carboxylic acids is 1. The molecular formula is C31H52O. The number of carbonyl (C=O) groups is 1. The summed E-state index contributed by atoms with van der Waals surface area (Å²) >= 11 is 0. The van der Waals surface area contributed by atoms with E-state index in [0.717, 1.165) is 30.6 Å². The van der Waals surface area contributed by atoms with Gasteiger partial charge >= 0.3 is 0 Å². The van der Waals surface area contributed by atoms with Gasteiger partial charge in [-0.15, -0.1) is 0 Å². The first-order valence-electron chi connectivity index (χ1n) is 14.7. The number of rotatable bonds is 10. The number of Topliss-reactive ketones (excluding diaryl/α,β-unsaturated/α-hetero) is 1. The minimum Gasteiger partial charge on any atom is -0.300 e. The number of hydrogen-bond acceptors (Lipinski definition) is 1. The molecule has 4 aliphatic carbocycles. The van der Waals surface area contributed by atoms with Crippen LogP contribution < -0.4 is 0 Å². The Morgan fingerprint density at radius 2 is 1.53 bits per heavy atom. The SMILES string of the molecule is CCCCCCCCCCC/C=C1\CCC2C3CCC4CC(=O)CC[C@]4(C)C3CC[C@]12C. The molecule has 32 heavy (non-hydrogen) atoms. The number of ketones is 1. The molecule has 4 aliphatic rings. The minimum atomic E-state index is 0.459. The molecule has 0 saturated heterocycles. The molecule has 182 valence electrons. The molecule has 0 radical (unpaired) electrons. The Kier molecular flexibility index (Phi) is 8.26. The molecule has 4 fully saturated rings. The molecule has 4 unspecified atom stereocenters. The lowest BCUT2D eigenvalue weighted by Gasteiger charge is -2.59. The Morgan fingerprint density at radius 1 is 0.812 bits per heavy atom. The standard InChI is InChI=1S/C31H52O/c1-4-5-6-7-8-9-10-11-12-13-14-24-16-18-28-27-17-15-25-23-26(32)19-21-31(25,3)29(27)20-22-30(24,28)2/h14,25,27-29H,4-13,15-23H2,1-3H3/b24-14+/t25?,27?,28?,29?,30-,31+/m1/s1. The summed E-state index contributed by atoms with van der Waals surface area (Å²) in [5, 5.41) is 0. The van der Waals surface area contributed by atoms with Crippen LogP contribution in [0.15, 0.2) is 11.6 Å². The summed E-state index contributed by atoms with van der Waals surface area (Å²) in [5.74, 6) is 3.99. The van der Waals surface area contributed by atoms with E-state index in [4.69, 9.17) is 0 Å². The molecule has 0 aromatic heterocycles. The first-order valence-corrected chi connectivity index (χ1v) is 14.7. The van der Waals surface area contributed by atoms with Crippen molar-refractivity contribution >= 4 is 5.78 Å². The largest absolute Gasteiger partial charge is 0.300 e. The second-order valence-electron chi connectivity index (χ2n) is 12.7. The van der Waals surface area contributed by atoms with Gasteiger partial charge in [-0.1, -0.05) is 83.8 Å². The van der Waals surface area contributed by atoms with E-state index >= 15 is 0 Å². The van der Waals surface area contributed by atoms with Crippen molar-refractivity contribution in [2.24, 2.45) is 34.5 Å². The third-order valence-electron chi connectivity index (χ3n) is 11.0. The van der Waals surface area contributed by atoms with E-state index in [0.29, 0.717) is 22.5 Å². The normalized spacial score (nSPS) is 40.2. The lowest BCUT2D eigenvalue weighted by atomic mass is 9.45. The van der Waals surface area contributed by atoms with Gasteiger partial charge in [-0.2, -0.15) is 0 Å². The zero-order chi connectivity index (χ0) is 22.6. The van der Waals surface area contributed by atoms with E-state index in [1.54, 1.807) is 0 Å². The van der Waals surface area contributed by atoms with Crippen molar-refractivity contribution in [3.8, 4) is 0 Å². The fraction of sp³-hybridized carbons (Fsp3) is 0.903. The quantitative estimate of drug-likeness (QED) is 0.244. The van der Waals surface area contributed by atoms with Crippen molar-refractivity contribution in [2.75, 3.05) is 0 Å². The van der Waals surface area contributed by atoms with Gasteiger partial charge in [0.1, 0.15) is 5.78 Å². The number of fused-ring (bicyclic) bond motifs is 5. The molecular weight excluding hydrogens is 388 g/mol. The zero-order valence-corrected chi connectivity index (χ0v) is 21.7. The molecule has 0 heterocycles. The van der Waals surface area contributed by atoms with E-state index in [2.05, 4.69) is 26.8 Å². The average molecular weight is 441 g/mol. The third-order valence-corrected chi connectivity index (χ3v) is 11.0. The van der Waals surface area contributed by atoms with Crippen molar-refractivity contribution in [3.05, 3.63) is 11.6 Å². The molecule has 0 N–H and O–H groups in total. The lowest BCUT2D eigenvalue weighted by Crippen LogP contribution is -2.52. The van der Waals surface area contributed by atoms with Crippen molar-refractivity contribution in [2.45, 2.75) is 143 Å². The van der Waals surface area contributed by atoms with Gasteiger partial charge in [-0.25, -0.2) is 0 Å². The second-order valence-corrected chi connectivity index (χ2v) is 12.7. The maximum absolute atomic E-state index is 12.1. The van der Waals surface area contributed by atoms with Crippen LogP contribution in [0.2, 0.25) is 0 Å². The van der Waals surface area contributed by atoms with Crippen LogP contribution in [0.25, 0.3) is 0 Å². The van der Waals surface area contributed by atoms with Crippen LogP contribution in [0, 0.1) is 34.5 Å². The van der Waals surface area contributed by atoms with Gasteiger partial charge in [-0.05, 0) is 92.3 Å². The molecule has 6 atom stereocenters. The Morgan fingerprint density at radius 3 is 2.28 bits per heavy atom. The van der Waals surface area contributed by atoms with Gasteiger partial charge in [0.05, 0.1) is 0 Å². The maximum atomic E-state index is 12.1. The molecule has 1 heteroatoms. The van der Waals surface area contributed by atoms with Crippen molar-refractivity contribution < 1.29 is 4.79 Å². The number of hydrogen-bond donors (Lipinski definition) is 0. The van der Waals surface area contributed by atoms with Crippen LogP contribution in [0.5, 0.6) is 0 Å². The molecule has 0 aromatic carbocycles. The molecule has 0 spiro atoms. The van der Waals surface area contributed by atoms with Crippen LogP contribution in [0.3, 0.4) is 0 Å². The Balaban J connectivity index is 1.26. The molecule has 0 aromatic rings. The van der Waals surface area contributed by atoms with Gasteiger partial charge in [0.15, 0.2) is 0 Å². The highest BCUT2D eigenvalue weighted by atomic mass is 16.1. The Labute approximate surface area is 199 Å². The van der Waals surface area contributed by atoms with E-state index in [1.807, 2.05) is 5.57 Å². The maximum Gasteiger partial charge on any atom is 0.133 e. The van der Waals surface area contributed by atoms with E-state index in [-0.39, 0.29) is 0 Å². The lowest BCUT2D eigenvalue weighted by molar-refractivity contribution is -0.136. The van der Waals surface area contributed by atoms with Crippen molar-refractivity contribution in [1.29, 1.82) is 0 Å². The predicted octanol–water partition coefficient (Wildman–Crippen LogP) is 9.45. The van der Waals surface area contributed by atoms with Crippen LogP contribution >= 0.6 is 0 Å². The summed E-state index contributed by atoms with van der Waals surface area (Å²) in [6.45, 7) is 7.53. The Hall–Kier alpha value is -0.590. The summed E-state index contributed by atoms with van der Waals surface area (Å²) in [7, 11) is 0. The van der Waals surface area contributed by atoms with Gasteiger partial charge in [-0.3, -0.25) is 4.79 Å². The van der Waals surface area contributed by atoms with Crippen molar-refractivity contribution in [1.82, 2.24) is 0 Å². The highest BCUT2D eigenvalue weighted by Gasteiger charge is 2.58. The third kappa shape index (κ3) is 4.93. The fourth-order valence-corrected chi connectivity index (χ4v) is 8.96. The topological polar surface area (TPSA) is 17.1 Å². The monoisotopic (exact) mass is 440 g/mol. The van der Waals surface area contributed by atoms with Crippen LogP contribution in [-0.2, 0) is 4.79 Å². The first kappa shape index (κ1) is 24.5. The summed E-state index contributed by atoms with van der Waals surface area (Å²) < 4.78 is 0. The summed E-state index contributed by atoms with van der Waals surface area (Å²) in [6, 6.07) is 0. The molecule has 4 rings (SSSR count). The minimum absolute atomic E-state index is 0.459. The summed E-state index contributed by atoms with van der Waals surface area (Å²) in [4.78, 5) is 12.1. The average Bonchev–Trinajstić information content (AvgIpc) is 3.12. The van der Waals surface area contributed by atoms with Gasteiger partial charge in [0.2, 0.25) is 0 Å². The van der Waals surface area contributed by atoms with Gasteiger partial charge < -0.3 is 0 Å². The molecule has 4 saturated carbocycles. The Bertz CT molecular complexity index is 661. The van der Waals surface area contributed by atoms with E-state index in [1.165, 1.54) is 109 Å². The number of allylic oxidation sites excluding steroid dienone is 2. The molecule has 1 nitrogen and oxygen atoms in total. The van der Waals surface area contributed by atoms with Crippen LogP contribution in [0.4, 0.5) is 0 Å². The molecule has 0 aliphatic heterocycles. The predicted molar refractivity (Wildman–Crippen MR) is 137 cm³/mol. The summed E-state index contributed by atoms with van der Waals surface area (Å²) in [6.07, 6.45) is 28.2. The summed E-state index contributed by atoms with van der Waals surface area (Å²) in [5.41, 5.74) is 2.79. The van der Waals surface area contributed by atoms with E-state index in [9.17, 15) is 4.79 Å². The van der Waals surface area contributed by atoms with Gasteiger partial charge in [0, 0.05) is 12.8 Å². The fourth-order valence-electron chi connectivity index (χ4n) is 8.96. The highest BCUT2D eigenvalue weighted by Crippen LogP contribution is 2.67. The van der Waals surface area contributed by atoms with E-state index < -0.39 is 0 Å². The first-order chi connectivity index (χ1) is 15.5. The second kappa shape index (κ2) is 10.8. The number of unbranched alkanes of at least 4 members (excludes halogenated alkanes) is 9. The smallest absolute Gasteiger partial charge is 0.133 e. The molecule has 0 amide bonds. The molecule has 0 bridgehead atoms. The van der Waals surface area contributed by atoms with Gasteiger partial charge in [0.25, 0.3) is 0 Å². The van der Waals surface area contributed by atoms with Crippen LogP contribution in [-0.4, -0.2) is 5.78 Å². The highest BCUT2D eigenvalue weighted by molar-refractivity contribution is 5.79. The zero-order valence-electron chi connectivity index (χ0n) is 21.7. The van der Waals surface area contributed by atoms with Crippen LogP contribution in [0.1, 0.15) is 143 Å².